The van der Waals surface area contributed by atoms with Crippen LogP contribution in [0.2, 0.25) is 0 Å². The number of hydrogen-bond acceptors (Lipinski definition) is 4. The third-order valence-corrected chi connectivity index (χ3v) is 2.66. The molecule has 0 atom stereocenters. The largest absolute Gasteiger partial charge is 0.377 e. The van der Waals surface area contributed by atoms with Crippen molar-refractivity contribution in [1.29, 1.82) is 0 Å². The average molecular weight is 251 g/mol. The highest BCUT2D eigenvalue weighted by atomic mass is 16.5. The van der Waals surface area contributed by atoms with Crippen molar-refractivity contribution in [3.05, 3.63) is 23.9 Å². The first-order valence-corrected chi connectivity index (χ1v) is 5.82. The lowest BCUT2D eigenvalue weighted by Crippen LogP contribution is -2.32. The van der Waals surface area contributed by atoms with Crippen LogP contribution in [0.15, 0.2) is 18.3 Å². The number of nitrogens with zero attached hydrogens (tertiary/aromatic N) is 2. The van der Waals surface area contributed by atoms with E-state index in [2.05, 4.69) is 10.3 Å². The molecule has 18 heavy (non-hydrogen) atoms. The number of carbonyl (C=O) groups excluding carboxylic acids is 1. The van der Waals surface area contributed by atoms with Crippen molar-refractivity contribution in [1.82, 2.24) is 9.88 Å². The second kappa shape index (κ2) is 5.82. The van der Waals surface area contributed by atoms with E-state index in [-0.39, 0.29) is 11.5 Å². The molecule has 5 heteroatoms. The molecule has 0 aliphatic rings. The average Bonchev–Trinajstić information content (AvgIpc) is 2.36. The lowest BCUT2D eigenvalue weighted by molar-refractivity contribution is 0.0343. The van der Waals surface area contributed by atoms with Crippen molar-refractivity contribution in [2.75, 3.05) is 33.1 Å². The molecule has 0 radical (unpaired) electrons. The van der Waals surface area contributed by atoms with E-state index in [9.17, 15) is 4.79 Å². The highest BCUT2D eigenvalue weighted by molar-refractivity contribution is 5.93. The molecule has 0 aliphatic carbocycles. The number of hydrogen-bond donors (Lipinski definition) is 1. The number of pyridine rings is 1. The van der Waals surface area contributed by atoms with Gasteiger partial charge in [-0.15, -0.1) is 0 Å². The van der Waals surface area contributed by atoms with Crippen LogP contribution in [0.1, 0.15) is 24.2 Å². The molecule has 0 unspecified atom stereocenters. The van der Waals surface area contributed by atoms with Crippen LogP contribution in [0.3, 0.4) is 0 Å². The number of methoxy groups -OCH3 is 1. The van der Waals surface area contributed by atoms with Crippen LogP contribution in [0.5, 0.6) is 0 Å². The SMILES string of the molecule is COC(C)(C)CNc1ccc(C(=O)N(C)C)cn1. The molecule has 1 aromatic heterocycles. The molecule has 1 amide bonds. The Morgan fingerprint density at radius 2 is 2.11 bits per heavy atom. The minimum Gasteiger partial charge on any atom is -0.377 e. The fourth-order valence-corrected chi connectivity index (χ4v) is 1.26. The van der Waals surface area contributed by atoms with Crippen LogP contribution in [0.25, 0.3) is 0 Å². The first-order valence-electron chi connectivity index (χ1n) is 5.82. The maximum atomic E-state index is 11.7. The van der Waals surface area contributed by atoms with Crippen molar-refractivity contribution in [2.45, 2.75) is 19.4 Å². The van der Waals surface area contributed by atoms with Gasteiger partial charge in [0.2, 0.25) is 0 Å². The predicted octanol–water partition coefficient (Wildman–Crippen LogP) is 1.62. The van der Waals surface area contributed by atoms with E-state index in [4.69, 9.17) is 4.74 Å². The summed E-state index contributed by atoms with van der Waals surface area (Å²) in [6.07, 6.45) is 1.57. The summed E-state index contributed by atoms with van der Waals surface area (Å²) < 4.78 is 5.30. The smallest absolute Gasteiger partial charge is 0.254 e. The lowest BCUT2D eigenvalue weighted by Gasteiger charge is -2.23. The minimum absolute atomic E-state index is 0.0497. The Hall–Kier alpha value is -1.62. The predicted molar refractivity (Wildman–Crippen MR) is 71.8 cm³/mol. The van der Waals surface area contributed by atoms with Gasteiger partial charge in [-0.25, -0.2) is 4.98 Å². The van der Waals surface area contributed by atoms with Crippen molar-refractivity contribution in [3.8, 4) is 0 Å². The third kappa shape index (κ3) is 4.00. The van der Waals surface area contributed by atoms with Gasteiger partial charge in [-0.1, -0.05) is 0 Å². The molecule has 1 heterocycles. The minimum atomic E-state index is -0.250. The molecule has 5 nitrogen and oxygen atoms in total. The molecule has 0 spiro atoms. The van der Waals surface area contributed by atoms with Gasteiger partial charge in [-0.05, 0) is 26.0 Å². The summed E-state index contributed by atoms with van der Waals surface area (Å²) in [5, 5.41) is 3.17. The maximum absolute atomic E-state index is 11.7. The second-order valence-corrected chi connectivity index (χ2v) is 4.95. The number of ether oxygens (including phenoxy) is 1. The Kier molecular flexibility index (Phi) is 4.67. The van der Waals surface area contributed by atoms with Crippen molar-refractivity contribution < 1.29 is 9.53 Å². The van der Waals surface area contributed by atoms with Gasteiger partial charge < -0.3 is 15.0 Å². The Labute approximate surface area is 108 Å². The molecule has 1 rings (SSSR count). The van der Waals surface area contributed by atoms with Gasteiger partial charge in [-0.2, -0.15) is 0 Å². The third-order valence-electron chi connectivity index (χ3n) is 2.66. The molecule has 0 saturated carbocycles. The van der Waals surface area contributed by atoms with E-state index >= 15 is 0 Å². The Balaban J connectivity index is 2.64. The normalized spacial score (nSPS) is 11.2. The maximum Gasteiger partial charge on any atom is 0.254 e. The summed E-state index contributed by atoms with van der Waals surface area (Å²) >= 11 is 0. The lowest BCUT2D eigenvalue weighted by atomic mass is 10.1. The second-order valence-electron chi connectivity index (χ2n) is 4.95. The quantitative estimate of drug-likeness (QED) is 0.864. The van der Waals surface area contributed by atoms with Crippen molar-refractivity contribution in [2.24, 2.45) is 0 Å². The van der Waals surface area contributed by atoms with Crippen LogP contribution < -0.4 is 5.32 Å². The van der Waals surface area contributed by atoms with Crippen molar-refractivity contribution in [3.63, 3.8) is 0 Å². The molecule has 0 saturated heterocycles. The zero-order valence-corrected chi connectivity index (χ0v) is 11.7. The number of carbonyl (C=O) groups is 1. The van der Waals surface area contributed by atoms with Gasteiger partial charge in [0.15, 0.2) is 0 Å². The summed E-state index contributed by atoms with van der Waals surface area (Å²) in [5.74, 6) is 0.682. The number of amides is 1. The van der Waals surface area contributed by atoms with Gasteiger partial charge in [0.1, 0.15) is 5.82 Å². The zero-order chi connectivity index (χ0) is 13.8. The fourth-order valence-electron chi connectivity index (χ4n) is 1.26. The van der Waals surface area contributed by atoms with E-state index in [0.717, 1.165) is 5.82 Å². The van der Waals surface area contributed by atoms with E-state index in [1.807, 2.05) is 13.8 Å². The Morgan fingerprint density at radius 3 is 2.56 bits per heavy atom. The molecule has 1 N–H and O–H groups in total. The van der Waals surface area contributed by atoms with Crippen LogP contribution in [0.4, 0.5) is 5.82 Å². The monoisotopic (exact) mass is 251 g/mol. The molecule has 100 valence electrons. The molecule has 0 bridgehead atoms. The van der Waals surface area contributed by atoms with Crippen LogP contribution >= 0.6 is 0 Å². The highest BCUT2D eigenvalue weighted by Gasteiger charge is 2.16. The van der Waals surface area contributed by atoms with E-state index in [1.165, 1.54) is 4.90 Å². The van der Waals surface area contributed by atoms with Crippen molar-refractivity contribution >= 4 is 11.7 Å². The Bertz CT molecular complexity index is 399. The standard InChI is InChI=1S/C13H21N3O2/c1-13(2,18-5)9-15-11-7-6-10(8-14-11)12(17)16(3)4/h6-8H,9H2,1-5H3,(H,14,15). The van der Waals surface area contributed by atoms with E-state index in [1.54, 1.807) is 39.5 Å². The van der Waals surface area contributed by atoms with Gasteiger partial charge in [0.25, 0.3) is 5.91 Å². The summed E-state index contributed by atoms with van der Waals surface area (Å²) in [6, 6.07) is 3.56. The van der Waals surface area contributed by atoms with Gasteiger partial charge in [-0.3, -0.25) is 4.79 Å². The molecule has 0 fully saturated rings. The summed E-state index contributed by atoms with van der Waals surface area (Å²) in [6.45, 7) is 4.63. The topological polar surface area (TPSA) is 54.5 Å². The number of nitrogens with one attached hydrogen (secondary N) is 1. The zero-order valence-electron chi connectivity index (χ0n) is 11.7. The summed E-state index contributed by atoms with van der Waals surface area (Å²) in [5.41, 5.74) is 0.330. The van der Waals surface area contributed by atoms with E-state index in [0.29, 0.717) is 12.1 Å². The summed E-state index contributed by atoms with van der Waals surface area (Å²) in [7, 11) is 5.11. The molecular weight excluding hydrogens is 230 g/mol. The number of anilines is 1. The first-order chi connectivity index (χ1) is 8.35. The van der Waals surface area contributed by atoms with E-state index < -0.39 is 0 Å². The van der Waals surface area contributed by atoms with Crippen LogP contribution in [-0.2, 0) is 4.74 Å². The molecule has 0 aliphatic heterocycles. The Morgan fingerprint density at radius 1 is 1.44 bits per heavy atom. The first kappa shape index (κ1) is 14.4. The molecule has 1 aromatic rings. The number of rotatable bonds is 5. The number of aromatic nitrogens is 1. The molecule has 0 aromatic carbocycles. The van der Waals surface area contributed by atoms with Gasteiger partial charge >= 0.3 is 0 Å². The highest BCUT2D eigenvalue weighted by Crippen LogP contribution is 2.11. The van der Waals surface area contributed by atoms with Crippen LogP contribution in [-0.4, -0.2) is 49.1 Å². The van der Waals surface area contributed by atoms with Gasteiger partial charge in [0, 0.05) is 33.9 Å². The van der Waals surface area contributed by atoms with Crippen LogP contribution in [0, 0.1) is 0 Å². The fraction of sp³-hybridized carbons (Fsp3) is 0.538. The molecular formula is C13H21N3O2. The van der Waals surface area contributed by atoms with Gasteiger partial charge in [0.05, 0.1) is 11.2 Å². The summed E-state index contributed by atoms with van der Waals surface area (Å²) in [4.78, 5) is 17.4.